The maximum absolute atomic E-state index is 10.7. The van der Waals surface area contributed by atoms with Gasteiger partial charge in [0.25, 0.3) is 5.69 Å². The van der Waals surface area contributed by atoms with Crippen LogP contribution in [0.4, 0.5) is 17.1 Å². The van der Waals surface area contributed by atoms with E-state index < -0.39 is 4.92 Å². The molecule has 1 aliphatic heterocycles. The van der Waals surface area contributed by atoms with Crippen LogP contribution in [-0.2, 0) is 0 Å². The first kappa shape index (κ1) is 13.6. The second kappa shape index (κ2) is 5.05. The van der Waals surface area contributed by atoms with Crippen molar-refractivity contribution in [2.45, 2.75) is 25.3 Å². The average molecular weight is 264 g/mol. The van der Waals surface area contributed by atoms with Crippen LogP contribution >= 0.6 is 0 Å². The van der Waals surface area contributed by atoms with Gasteiger partial charge in [0.05, 0.1) is 4.92 Å². The number of hydrogen-bond acceptors (Lipinski definition) is 5. The van der Waals surface area contributed by atoms with E-state index in [2.05, 4.69) is 17.1 Å². The summed E-state index contributed by atoms with van der Waals surface area (Å²) in [6, 6.07) is 4.95. The third-order valence-corrected chi connectivity index (χ3v) is 4.04. The molecule has 0 amide bonds. The molecule has 2 rings (SSSR count). The largest absolute Gasteiger partial charge is 0.393 e. The average Bonchev–Trinajstić information content (AvgIpc) is 2.39. The van der Waals surface area contributed by atoms with Crippen LogP contribution in [0.15, 0.2) is 18.2 Å². The Morgan fingerprint density at radius 2 is 2.05 bits per heavy atom. The number of nitrogen functional groups attached to an aromatic ring is 1. The lowest BCUT2D eigenvalue weighted by Crippen LogP contribution is -2.50. The summed E-state index contributed by atoms with van der Waals surface area (Å²) < 4.78 is 0. The Labute approximate surface area is 112 Å². The lowest BCUT2D eigenvalue weighted by Gasteiger charge is -2.40. The summed E-state index contributed by atoms with van der Waals surface area (Å²) in [4.78, 5) is 12.5. The fourth-order valence-corrected chi connectivity index (χ4v) is 2.41. The van der Waals surface area contributed by atoms with Gasteiger partial charge in [0.1, 0.15) is 5.69 Å². The van der Waals surface area contributed by atoms with Gasteiger partial charge in [-0.05, 0) is 38.9 Å². The molecule has 0 unspecified atom stereocenters. The molecule has 1 saturated heterocycles. The maximum atomic E-state index is 10.7. The lowest BCUT2D eigenvalue weighted by molar-refractivity contribution is -0.383. The van der Waals surface area contributed by atoms with Crippen LogP contribution in [0.2, 0.25) is 0 Å². The van der Waals surface area contributed by atoms with Crippen LogP contribution in [0.3, 0.4) is 0 Å². The molecular weight excluding hydrogens is 244 g/mol. The Hall–Kier alpha value is -1.82. The topological polar surface area (TPSA) is 84.4 Å². The SMILES string of the molecule is CNC1(C)CCN(c2ccc([N+](=O)[O-])c(N)c2)CC1. The van der Waals surface area contributed by atoms with Gasteiger partial charge in [-0.3, -0.25) is 10.1 Å². The number of benzene rings is 1. The summed E-state index contributed by atoms with van der Waals surface area (Å²) in [5.74, 6) is 0. The Kier molecular flexibility index (Phi) is 3.61. The van der Waals surface area contributed by atoms with Crippen molar-refractivity contribution in [3.63, 3.8) is 0 Å². The number of nitrogens with one attached hydrogen (secondary N) is 1. The van der Waals surface area contributed by atoms with Crippen LogP contribution in [0.25, 0.3) is 0 Å². The number of rotatable bonds is 3. The zero-order chi connectivity index (χ0) is 14.0. The summed E-state index contributed by atoms with van der Waals surface area (Å²) >= 11 is 0. The molecule has 0 aliphatic carbocycles. The Balaban J connectivity index is 2.12. The second-order valence-electron chi connectivity index (χ2n) is 5.30. The van der Waals surface area contributed by atoms with Crippen molar-refractivity contribution in [2.75, 3.05) is 30.8 Å². The van der Waals surface area contributed by atoms with Crippen LogP contribution in [0, 0.1) is 10.1 Å². The summed E-state index contributed by atoms with van der Waals surface area (Å²) in [7, 11) is 1.99. The monoisotopic (exact) mass is 264 g/mol. The van der Waals surface area contributed by atoms with Gasteiger partial charge in [-0.15, -0.1) is 0 Å². The van der Waals surface area contributed by atoms with Gasteiger partial charge >= 0.3 is 0 Å². The van der Waals surface area contributed by atoms with Crippen molar-refractivity contribution >= 4 is 17.1 Å². The highest BCUT2D eigenvalue weighted by atomic mass is 16.6. The molecule has 0 bridgehead atoms. The van der Waals surface area contributed by atoms with Crippen molar-refractivity contribution in [1.82, 2.24) is 5.32 Å². The van der Waals surface area contributed by atoms with Gasteiger partial charge in [0.15, 0.2) is 0 Å². The van der Waals surface area contributed by atoms with E-state index in [4.69, 9.17) is 5.73 Å². The first-order chi connectivity index (χ1) is 8.95. The second-order valence-corrected chi connectivity index (χ2v) is 5.30. The van der Waals surface area contributed by atoms with Crippen LogP contribution < -0.4 is 16.0 Å². The standard InChI is InChI=1S/C13H20N4O2/c1-13(15-2)5-7-16(8-6-13)10-3-4-12(17(18)19)11(14)9-10/h3-4,9,15H,5-8,14H2,1-2H3. The molecule has 0 aromatic heterocycles. The molecule has 1 aliphatic rings. The van der Waals surface area contributed by atoms with E-state index >= 15 is 0 Å². The molecule has 1 aromatic rings. The highest BCUT2D eigenvalue weighted by molar-refractivity contribution is 5.66. The fourth-order valence-electron chi connectivity index (χ4n) is 2.41. The molecule has 0 spiro atoms. The van der Waals surface area contributed by atoms with E-state index in [1.807, 2.05) is 7.05 Å². The third kappa shape index (κ3) is 2.78. The molecule has 0 atom stereocenters. The Morgan fingerprint density at radius 1 is 1.42 bits per heavy atom. The van der Waals surface area contributed by atoms with Crippen molar-refractivity contribution in [1.29, 1.82) is 0 Å². The first-order valence-corrected chi connectivity index (χ1v) is 6.43. The lowest BCUT2D eigenvalue weighted by atomic mass is 9.89. The highest BCUT2D eigenvalue weighted by Gasteiger charge is 2.28. The minimum Gasteiger partial charge on any atom is -0.393 e. The van der Waals surface area contributed by atoms with Gasteiger partial charge in [-0.2, -0.15) is 0 Å². The van der Waals surface area contributed by atoms with E-state index in [-0.39, 0.29) is 16.9 Å². The maximum Gasteiger partial charge on any atom is 0.292 e. The quantitative estimate of drug-likeness (QED) is 0.493. The number of nitrogens with zero attached hydrogens (tertiary/aromatic N) is 2. The molecule has 19 heavy (non-hydrogen) atoms. The molecule has 104 valence electrons. The molecule has 1 heterocycles. The van der Waals surface area contributed by atoms with Crippen molar-refractivity contribution in [2.24, 2.45) is 0 Å². The van der Waals surface area contributed by atoms with E-state index in [1.165, 1.54) is 6.07 Å². The number of nitro benzene ring substituents is 1. The summed E-state index contributed by atoms with van der Waals surface area (Å²) in [6.07, 6.45) is 2.08. The van der Waals surface area contributed by atoms with E-state index in [0.717, 1.165) is 31.6 Å². The molecule has 3 N–H and O–H groups in total. The molecule has 6 nitrogen and oxygen atoms in total. The molecular formula is C13H20N4O2. The third-order valence-electron chi connectivity index (χ3n) is 4.04. The number of hydrogen-bond donors (Lipinski definition) is 2. The minimum absolute atomic E-state index is 0.0270. The van der Waals surface area contributed by atoms with E-state index in [9.17, 15) is 10.1 Å². The smallest absolute Gasteiger partial charge is 0.292 e. The Bertz CT molecular complexity index is 482. The summed E-state index contributed by atoms with van der Waals surface area (Å²) in [6.45, 7) is 4.07. The highest BCUT2D eigenvalue weighted by Crippen LogP contribution is 2.30. The predicted molar refractivity (Wildman–Crippen MR) is 76.4 cm³/mol. The van der Waals surface area contributed by atoms with Crippen molar-refractivity contribution < 1.29 is 4.92 Å². The molecule has 0 saturated carbocycles. The van der Waals surface area contributed by atoms with Gasteiger partial charge in [-0.1, -0.05) is 0 Å². The first-order valence-electron chi connectivity index (χ1n) is 6.43. The fraction of sp³-hybridized carbons (Fsp3) is 0.538. The molecule has 1 aromatic carbocycles. The molecule has 0 radical (unpaired) electrons. The zero-order valence-electron chi connectivity index (χ0n) is 11.3. The van der Waals surface area contributed by atoms with Gasteiger partial charge in [0, 0.05) is 30.4 Å². The van der Waals surface area contributed by atoms with Gasteiger partial charge in [-0.25, -0.2) is 0 Å². The molecule has 6 heteroatoms. The molecule has 1 fully saturated rings. The van der Waals surface area contributed by atoms with Crippen LogP contribution in [0.5, 0.6) is 0 Å². The predicted octanol–water partition coefficient (Wildman–Crippen LogP) is 1.76. The number of piperidine rings is 1. The van der Waals surface area contributed by atoms with Crippen LogP contribution in [-0.4, -0.2) is 30.6 Å². The zero-order valence-corrected chi connectivity index (χ0v) is 11.3. The van der Waals surface area contributed by atoms with Gasteiger partial charge in [0.2, 0.25) is 0 Å². The summed E-state index contributed by atoms with van der Waals surface area (Å²) in [5.41, 5.74) is 7.07. The van der Waals surface area contributed by atoms with Crippen molar-refractivity contribution in [3.05, 3.63) is 28.3 Å². The van der Waals surface area contributed by atoms with Gasteiger partial charge < -0.3 is 16.0 Å². The number of anilines is 2. The summed E-state index contributed by atoms with van der Waals surface area (Å²) in [5, 5.41) is 14.1. The Morgan fingerprint density at radius 3 is 2.53 bits per heavy atom. The normalized spacial score (nSPS) is 18.3. The number of nitro groups is 1. The van der Waals surface area contributed by atoms with E-state index in [1.54, 1.807) is 12.1 Å². The van der Waals surface area contributed by atoms with Crippen molar-refractivity contribution in [3.8, 4) is 0 Å². The van der Waals surface area contributed by atoms with Crippen LogP contribution in [0.1, 0.15) is 19.8 Å². The van der Waals surface area contributed by atoms with E-state index in [0.29, 0.717) is 0 Å². The minimum atomic E-state index is -0.451. The number of nitrogens with two attached hydrogens (primary N) is 1.